The van der Waals surface area contributed by atoms with Gasteiger partial charge in [0.25, 0.3) is 11.8 Å². The molecule has 0 bridgehead atoms. The van der Waals surface area contributed by atoms with Gasteiger partial charge in [-0.2, -0.15) is 0 Å². The summed E-state index contributed by atoms with van der Waals surface area (Å²) in [5.41, 5.74) is 1.55. The van der Waals surface area contributed by atoms with E-state index in [0.717, 1.165) is 24.7 Å². The van der Waals surface area contributed by atoms with Crippen molar-refractivity contribution in [2.45, 2.75) is 51.6 Å². The Morgan fingerprint density at radius 2 is 1.55 bits per heavy atom. The predicted molar refractivity (Wildman–Crippen MR) is 142 cm³/mol. The minimum atomic E-state index is -0.791. The van der Waals surface area contributed by atoms with Crippen LogP contribution < -0.4 is 20.3 Å². The second-order valence-corrected chi connectivity index (χ2v) is 10.3. The number of benzene rings is 2. The molecule has 9 heteroatoms. The molecule has 1 saturated heterocycles. The Labute approximate surface area is 222 Å². The fraction of sp³-hybridized carbons (Fsp3) is 0.483. The van der Waals surface area contributed by atoms with E-state index in [1.807, 2.05) is 12.1 Å². The lowest BCUT2D eigenvalue weighted by Gasteiger charge is -2.32. The van der Waals surface area contributed by atoms with Gasteiger partial charge >= 0.3 is 5.97 Å². The van der Waals surface area contributed by atoms with E-state index in [1.165, 1.54) is 31.0 Å². The van der Waals surface area contributed by atoms with E-state index in [1.54, 1.807) is 12.1 Å². The van der Waals surface area contributed by atoms with Crippen LogP contribution in [0.4, 0.5) is 10.1 Å². The highest BCUT2D eigenvalue weighted by atomic mass is 19.1. The van der Waals surface area contributed by atoms with Crippen LogP contribution in [0.2, 0.25) is 0 Å². The van der Waals surface area contributed by atoms with Crippen molar-refractivity contribution < 1.29 is 28.6 Å². The second-order valence-electron chi connectivity index (χ2n) is 10.3. The monoisotopic (exact) mass is 525 g/mol. The SMILES string of the molecule is CC1CCN(c2ccc(C(=O)NCCNC(=O)c3ccc(OC4CCC(C(=O)O)CC4)cc3F)cc2)CC1. The maximum Gasteiger partial charge on any atom is 0.306 e. The number of piperidine rings is 1. The van der Waals surface area contributed by atoms with E-state index in [2.05, 4.69) is 22.5 Å². The van der Waals surface area contributed by atoms with Crippen LogP contribution in [-0.4, -0.2) is 55.2 Å². The highest BCUT2D eigenvalue weighted by molar-refractivity contribution is 5.95. The summed E-state index contributed by atoms with van der Waals surface area (Å²) in [6, 6.07) is 11.6. The molecule has 0 spiro atoms. The maximum absolute atomic E-state index is 14.6. The number of aliphatic carboxylic acids is 1. The summed E-state index contributed by atoms with van der Waals surface area (Å²) in [5, 5.41) is 14.5. The van der Waals surface area contributed by atoms with E-state index < -0.39 is 17.7 Å². The molecule has 2 fully saturated rings. The van der Waals surface area contributed by atoms with E-state index in [0.29, 0.717) is 37.0 Å². The first-order valence-corrected chi connectivity index (χ1v) is 13.4. The van der Waals surface area contributed by atoms with Crippen molar-refractivity contribution in [3.63, 3.8) is 0 Å². The van der Waals surface area contributed by atoms with Crippen molar-refractivity contribution in [2.24, 2.45) is 11.8 Å². The zero-order chi connectivity index (χ0) is 27.1. The first-order valence-electron chi connectivity index (χ1n) is 13.4. The number of carbonyl (C=O) groups is 3. The van der Waals surface area contributed by atoms with Gasteiger partial charge < -0.3 is 25.4 Å². The summed E-state index contributed by atoms with van der Waals surface area (Å²) < 4.78 is 20.4. The average molecular weight is 526 g/mol. The molecule has 4 rings (SSSR count). The van der Waals surface area contributed by atoms with Crippen LogP contribution in [0.5, 0.6) is 5.75 Å². The lowest BCUT2D eigenvalue weighted by atomic mass is 9.87. The average Bonchev–Trinajstić information content (AvgIpc) is 2.92. The third kappa shape index (κ3) is 7.24. The molecule has 1 aliphatic heterocycles. The second kappa shape index (κ2) is 12.8. The van der Waals surface area contributed by atoms with Crippen LogP contribution in [-0.2, 0) is 4.79 Å². The molecular formula is C29H36FN3O5. The highest BCUT2D eigenvalue weighted by Crippen LogP contribution is 2.28. The first-order chi connectivity index (χ1) is 18.3. The van der Waals surface area contributed by atoms with Gasteiger partial charge in [-0.15, -0.1) is 0 Å². The maximum atomic E-state index is 14.6. The Bertz CT molecular complexity index is 1120. The molecule has 2 aromatic rings. The summed E-state index contributed by atoms with van der Waals surface area (Å²) in [7, 11) is 0. The van der Waals surface area contributed by atoms with Crippen LogP contribution in [0.3, 0.4) is 0 Å². The van der Waals surface area contributed by atoms with Crippen LogP contribution in [0.15, 0.2) is 42.5 Å². The van der Waals surface area contributed by atoms with Crippen LogP contribution in [0, 0.1) is 17.7 Å². The van der Waals surface area contributed by atoms with Crippen molar-refractivity contribution >= 4 is 23.5 Å². The van der Waals surface area contributed by atoms with Gasteiger partial charge in [0.05, 0.1) is 17.6 Å². The lowest BCUT2D eigenvalue weighted by molar-refractivity contribution is -0.143. The molecule has 3 N–H and O–H groups in total. The molecule has 0 aromatic heterocycles. The van der Waals surface area contributed by atoms with Crippen molar-refractivity contribution in [2.75, 3.05) is 31.1 Å². The van der Waals surface area contributed by atoms with Crippen LogP contribution >= 0.6 is 0 Å². The molecule has 1 heterocycles. The Balaban J connectivity index is 1.18. The third-order valence-electron chi connectivity index (χ3n) is 7.49. The summed E-state index contributed by atoms with van der Waals surface area (Å²) in [4.78, 5) is 38.3. The molecule has 1 aliphatic carbocycles. The summed E-state index contributed by atoms with van der Waals surface area (Å²) in [6.45, 7) is 4.68. The zero-order valence-corrected chi connectivity index (χ0v) is 21.7. The smallest absolute Gasteiger partial charge is 0.306 e. The molecule has 8 nitrogen and oxygen atoms in total. The van der Waals surface area contributed by atoms with Crippen LogP contribution in [0.25, 0.3) is 0 Å². The largest absolute Gasteiger partial charge is 0.490 e. The van der Waals surface area contributed by atoms with Gasteiger partial charge in [-0.25, -0.2) is 4.39 Å². The number of carboxylic acids is 1. The summed E-state index contributed by atoms with van der Waals surface area (Å²) in [5.74, 6) is -1.59. The Hall–Kier alpha value is -3.62. The van der Waals surface area contributed by atoms with E-state index in [-0.39, 0.29) is 36.6 Å². The van der Waals surface area contributed by atoms with Crippen molar-refractivity contribution in [3.8, 4) is 5.75 Å². The number of nitrogens with zero attached hydrogens (tertiary/aromatic N) is 1. The molecule has 0 radical (unpaired) electrons. The Kier molecular flexibility index (Phi) is 9.20. The molecule has 2 aromatic carbocycles. The Morgan fingerprint density at radius 1 is 0.921 bits per heavy atom. The minimum absolute atomic E-state index is 0.110. The van der Waals surface area contributed by atoms with Gasteiger partial charge in [-0.1, -0.05) is 6.92 Å². The molecule has 0 atom stereocenters. The lowest BCUT2D eigenvalue weighted by Crippen LogP contribution is -2.35. The molecule has 0 unspecified atom stereocenters. The highest BCUT2D eigenvalue weighted by Gasteiger charge is 2.27. The van der Waals surface area contributed by atoms with Crippen molar-refractivity contribution in [1.82, 2.24) is 10.6 Å². The normalized spacial score (nSPS) is 20.0. The first kappa shape index (κ1) is 27.4. The number of halogens is 1. The number of hydrogen-bond donors (Lipinski definition) is 3. The summed E-state index contributed by atoms with van der Waals surface area (Å²) in [6.07, 6.45) is 4.42. The van der Waals surface area contributed by atoms with E-state index in [4.69, 9.17) is 9.84 Å². The van der Waals surface area contributed by atoms with E-state index >= 15 is 0 Å². The molecular weight excluding hydrogens is 489 g/mol. The molecule has 2 aliphatic rings. The number of amides is 2. The van der Waals surface area contributed by atoms with Gasteiger partial charge in [0.1, 0.15) is 11.6 Å². The number of hydrogen-bond acceptors (Lipinski definition) is 5. The van der Waals surface area contributed by atoms with Gasteiger partial charge in [0.15, 0.2) is 0 Å². The fourth-order valence-corrected chi connectivity index (χ4v) is 5.01. The number of carboxylic acid groups (broad SMARTS) is 1. The quantitative estimate of drug-likeness (QED) is 0.423. The van der Waals surface area contributed by atoms with Gasteiger partial charge in [0, 0.05) is 43.5 Å². The minimum Gasteiger partial charge on any atom is -0.490 e. The zero-order valence-electron chi connectivity index (χ0n) is 21.7. The Morgan fingerprint density at radius 3 is 2.16 bits per heavy atom. The van der Waals surface area contributed by atoms with Gasteiger partial charge in [-0.3, -0.25) is 14.4 Å². The van der Waals surface area contributed by atoms with Crippen molar-refractivity contribution in [1.29, 1.82) is 0 Å². The number of rotatable bonds is 9. The number of carbonyl (C=O) groups excluding carboxylic acids is 2. The molecule has 38 heavy (non-hydrogen) atoms. The topological polar surface area (TPSA) is 108 Å². The van der Waals surface area contributed by atoms with Crippen molar-refractivity contribution in [3.05, 3.63) is 59.4 Å². The van der Waals surface area contributed by atoms with E-state index in [9.17, 15) is 18.8 Å². The molecule has 2 amide bonds. The molecule has 204 valence electrons. The van der Waals surface area contributed by atoms with Gasteiger partial charge in [-0.05, 0) is 80.8 Å². The molecule has 1 saturated carbocycles. The van der Waals surface area contributed by atoms with Gasteiger partial charge in [0.2, 0.25) is 0 Å². The number of ether oxygens (including phenoxy) is 1. The predicted octanol–water partition coefficient (Wildman–Crippen LogP) is 4.24. The standard InChI is InChI=1S/C29H36FN3O5/c1-19-12-16-33(17-13-19)22-6-2-20(3-7-22)27(34)31-14-15-32-28(35)25-11-10-24(18-26(25)30)38-23-8-4-21(5-9-23)29(36)37/h2-3,6-7,10-11,18-19,21,23H,4-5,8-9,12-17H2,1H3,(H,31,34)(H,32,35)(H,36,37). The number of anilines is 1. The van der Waals surface area contributed by atoms with Crippen LogP contribution in [0.1, 0.15) is 66.2 Å². The number of nitrogens with one attached hydrogen (secondary N) is 2. The third-order valence-corrected chi connectivity index (χ3v) is 7.49. The fourth-order valence-electron chi connectivity index (χ4n) is 5.01. The summed E-state index contributed by atoms with van der Waals surface area (Å²) >= 11 is 0.